The number of carbonyl (C=O) groups is 2. The number of aryl methyl sites for hydroxylation is 1. The summed E-state index contributed by atoms with van der Waals surface area (Å²) in [5.41, 5.74) is 1.90. The maximum Gasteiger partial charge on any atom is 0.264 e. The minimum absolute atomic E-state index is 0.00611. The van der Waals surface area contributed by atoms with E-state index >= 15 is 0 Å². The minimum Gasteiger partial charge on any atom is -0.357 e. The fraction of sp³-hybridized carbons (Fsp3) is 0.231. The van der Waals surface area contributed by atoms with Crippen molar-refractivity contribution in [1.29, 1.82) is 0 Å². The Labute approximate surface area is 221 Å². The highest BCUT2D eigenvalue weighted by atomic mass is 35.5. The Morgan fingerprint density at radius 3 is 2.28 bits per heavy atom. The van der Waals surface area contributed by atoms with Crippen LogP contribution >= 0.6 is 23.2 Å². The van der Waals surface area contributed by atoms with E-state index in [4.69, 9.17) is 23.2 Å². The van der Waals surface area contributed by atoms with Gasteiger partial charge in [0.25, 0.3) is 10.0 Å². The van der Waals surface area contributed by atoms with Gasteiger partial charge in [-0.05, 0) is 49.7 Å². The summed E-state index contributed by atoms with van der Waals surface area (Å²) in [5, 5.41) is 2.94. The number of hydrogen-bond acceptors (Lipinski definition) is 4. The van der Waals surface area contributed by atoms with Gasteiger partial charge < -0.3 is 10.2 Å². The highest BCUT2D eigenvalue weighted by molar-refractivity contribution is 7.92. The van der Waals surface area contributed by atoms with Gasteiger partial charge in [0.1, 0.15) is 12.6 Å². The molecule has 3 rings (SSSR count). The molecule has 0 aliphatic heterocycles. The molecular formula is C26H27Cl2N3O4S. The lowest BCUT2D eigenvalue weighted by Gasteiger charge is -2.32. The molecule has 0 fully saturated rings. The predicted molar refractivity (Wildman–Crippen MR) is 143 cm³/mol. The third-order valence-corrected chi connectivity index (χ3v) is 7.95. The number of anilines is 1. The van der Waals surface area contributed by atoms with E-state index in [9.17, 15) is 18.0 Å². The Bertz CT molecular complexity index is 1350. The number of halogens is 2. The van der Waals surface area contributed by atoms with Crippen molar-refractivity contribution in [3.63, 3.8) is 0 Å². The number of likely N-dealkylation sites (N-methyl/N-ethyl adjacent to an activating group) is 1. The van der Waals surface area contributed by atoms with Crippen molar-refractivity contribution in [3.8, 4) is 0 Å². The lowest BCUT2D eigenvalue weighted by Crippen LogP contribution is -2.50. The van der Waals surface area contributed by atoms with Crippen LogP contribution < -0.4 is 9.62 Å². The lowest BCUT2D eigenvalue weighted by molar-refractivity contribution is -0.139. The Morgan fingerprint density at radius 2 is 1.67 bits per heavy atom. The molecule has 0 saturated carbocycles. The van der Waals surface area contributed by atoms with Crippen LogP contribution in [0.2, 0.25) is 10.0 Å². The van der Waals surface area contributed by atoms with Crippen LogP contribution in [0.15, 0.2) is 77.7 Å². The molecule has 0 spiro atoms. The first kappa shape index (κ1) is 27.5. The summed E-state index contributed by atoms with van der Waals surface area (Å²) >= 11 is 12.4. The second-order valence-corrected chi connectivity index (χ2v) is 10.9. The molecule has 0 aliphatic rings. The van der Waals surface area contributed by atoms with Crippen LogP contribution in [0.5, 0.6) is 0 Å². The molecule has 2 amide bonds. The predicted octanol–water partition coefficient (Wildman–Crippen LogP) is 4.66. The summed E-state index contributed by atoms with van der Waals surface area (Å²) in [6.45, 7) is 3.06. The van der Waals surface area contributed by atoms with E-state index in [1.54, 1.807) is 25.1 Å². The summed E-state index contributed by atoms with van der Waals surface area (Å²) in [6.07, 6.45) is 0. The molecular weight excluding hydrogens is 521 g/mol. The van der Waals surface area contributed by atoms with Crippen LogP contribution in [-0.4, -0.2) is 44.8 Å². The standard InChI is InChI=1S/C26H27Cl2N3O4S/c1-18-8-7-9-20(14-18)16-30(19(2)26(33)29-3)25(32)17-31(24-13-12-21(27)15-23(24)28)36(34,35)22-10-5-4-6-11-22/h4-15,19H,16-17H2,1-3H3,(H,29,33). The zero-order valence-corrected chi connectivity index (χ0v) is 22.4. The zero-order valence-electron chi connectivity index (χ0n) is 20.1. The van der Waals surface area contributed by atoms with Gasteiger partial charge in [0.15, 0.2) is 0 Å². The Hall–Kier alpha value is -3.07. The molecule has 3 aromatic rings. The summed E-state index contributed by atoms with van der Waals surface area (Å²) in [7, 11) is -2.71. The second-order valence-electron chi connectivity index (χ2n) is 8.22. The quantitative estimate of drug-likeness (QED) is 0.422. The number of nitrogens with zero attached hydrogens (tertiary/aromatic N) is 2. The van der Waals surface area contributed by atoms with Crippen LogP contribution in [0.4, 0.5) is 5.69 Å². The number of amides is 2. The van der Waals surface area contributed by atoms with Crippen molar-refractivity contribution in [2.75, 3.05) is 17.9 Å². The minimum atomic E-state index is -4.19. The van der Waals surface area contributed by atoms with Crippen molar-refractivity contribution < 1.29 is 18.0 Å². The largest absolute Gasteiger partial charge is 0.357 e. The summed E-state index contributed by atoms with van der Waals surface area (Å²) in [6, 6.07) is 18.8. The maximum absolute atomic E-state index is 13.7. The highest BCUT2D eigenvalue weighted by Gasteiger charge is 2.33. The molecule has 0 aromatic heterocycles. The SMILES string of the molecule is CNC(=O)C(C)N(Cc1cccc(C)c1)C(=O)CN(c1ccc(Cl)cc1Cl)S(=O)(=O)c1ccccc1. The molecule has 190 valence electrons. The molecule has 36 heavy (non-hydrogen) atoms. The molecule has 0 bridgehead atoms. The van der Waals surface area contributed by atoms with Gasteiger partial charge >= 0.3 is 0 Å². The molecule has 0 aliphatic carbocycles. The van der Waals surface area contributed by atoms with E-state index in [1.807, 2.05) is 31.2 Å². The first-order valence-corrected chi connectivity index (χ1v) is 13.3. The van der Waals surface area contributed by atoms with Crippen molar-refractivity contribution in [3.05, 3.63) is 94.0 Å². The van der Waals surface area contributed by atoms with Crippen molar-refractivity contribution in [1.82, 2.24) is 10.2 Å². The average Bonchev–Trinajstić information content (AvgIpc) is 2.85. The molecule has 0 saturated heterocycles. The second kappa shape index (κ2) is 11.8. The van der Waals surface area contributed by atoms with E-state index in [-0.39, 0.29) is 28.1 Å². The van der Waals surface area contributed by atoms with E-state index in [0.717, 1.165) is 15.4 Å². The summed E-state index contributed by atoms with van der Waals surface area (Å²) < 4.78 is 28.3. The van der Waals surface area contributed by atoms with Crippen LogP contribution in [0.3, 0.4) is 0 Å². The Kier molecular flexibility index (Phi) is 9.00. The number of sulfonamides is 1. The molecule has 3 aromatic carbocycles. The van der Waals surface area contributed by atoms with E-state index < -0.39 is 28.5 Å². The fourth-order valence-corrected chi connectivity index (χ4v) is 5.73. The van der Waals surface area contributed by atoms with Gasteiger partial charge in [-0.1, -0.05) is 71.2 Å². The summed E-state index contributed by atoms with van der Waals surface area (Å²) in [5.74, 6) is -0.948. The zero-order chi connectivity index (χ0) is 26.5. The van der Waals surface area contributed by atoms with E-state index in [1.165, 1.54) is 42.3 Å². The van der Waals surface area contributed by atoms with E-state index in [0.29, 0.717) is 5.02 Å². The monoisotopic (exact) mass is 547 g/mol. The van der Waals surface area contributed by atoms with Crippen LogP contribution in [0.1, 0.15) is 18.1 Å². The van der Waals surface area contributed by atoms with Gasteiger partial charge in [-0.25, -0.2) is 8.42 Å². The Balaban J connectivity index is 2.06. The molecule has 10 heteroatoms. The smallest absolute Gasteiger partial charge is 0.264 e. The average molecular weight is 548 g/mol. The first-order valence-electron chi connectivity index (χ1n) is 11.1. The fourth-order valence-electron chi connectivity index (χ4n) is 3.72. The van der Waals surface area contributed by atoms with Crippen molar-refractivity contribution in [2.45, 2.75) is 31.3 Å². The lowest BCUT2D eigenvalue weighted by atomic mass is 10.1. The highest BCUT2D eigenvalue weighted by Crippen LogP contribution is 2.33. The molecule has 1 N–H and O–H groups in total. The van der Waals surface area contributed by atoms with Crippen molar-refractivity contribution >= 4 is 50.7 Å². The maximum atomic E-state index is 13.7. The van der Waals surface area contributed by atoms with Crippen LogP contribution in [0.25, 0.3) is 0 Å². The van der Waals surface area contributed by atoms with Gasteiger partial charge in [-0.15, -0.1) is 0 Å². The number of hydrogen-bond donors (Lipinski definition) is 1. The van der Waals surface area contributed by atoms with Crippen molar-refractivity contribution in [2.24, 2.45) is 0 Å². The molecule has 1 atom stereocenters. The van der Waals surface area contributed by atoms with Gasteiger partial charge in [0.2, 0.25) is 11.8 Å². The van der Waals surface area contributed by atoms with Gasteiger partial charge in [0.05, 0.1) is 15.6 Å². The first-order chi connectivity index (χ1) is 17.0. The summed E-state index contributed by atoms with van der Waals surface area (Å²) in [4.78, 5) is 27.6. The van der Waals surface area contributed by atoms with Gasteiger partial charge in [-0.3, -0.25) is 13.9 Å². The molecule has 0 heterocycles. The third-order valence-electron chi connectivity index (χ3n) is 5.64. The molecule has 1 unspecified atom stereocenters. The topological polar surface area (TPSA) is 86.8 Å². The van der Waals surface area contributed by atoms with Gasteiger partial charge in [0, 0.05) is 18.6 Å². The van der Waals surface area contributed by atoms with E-state index in [2.05, 4.69) is 5.32 Å². The normalized spacial score (nSPS) is 12.0. The van der Waals surface area contributed by atoms with Gasteiger partial charge in [-0.2, -0.15) is 0 Å². The van der Waals surface area contributed by atoms with Crippen LogP contribution in [-0.2, 0) is 26.2 Å². The number of benzene rings is 3. The number of carbonyl (C=O) groups excluding carboxylic acids is 2. The number of rotatable bonds is 9. The third kappa shape index (κ3) is 6.37. The van der Waals surface area contributed by atoms with Crippen LogP contribution in [0, 0.1) is 6.92 Å². The molecule has 0 radical (unpaired) electrons. The Morgan fingerprint density at radius 1 is 0.972 bits per heavy atom. The number of nitrogens with one attached hydrogen (secondary N) is 1. The molecule has 7 nitrogen and oxygen atoms in total.